The normalized spacial score (nSPS) is 15.7. The number of aromatic nitrogens is 6. The molecule has 0 radical (unpaired) electrons. The maximum absolute atomic E-state index is 13.8. The van der Waals surface area contributed by atoms with Crippen LogP contribution in [0.25, 0.3) is 55.0 Å². The third-order valence-corrected chi connectivity index (χ3v) is 8.03. The lowest BCUT2D eigenvalue weighted by molar-refractivity contribution is 0.0114. The molecule has 6 aromatic heterocycles. The van der Waals surface area contributed by atoms with Gasteiger partial charge in [-0.1, -0.05) is 0 Å². The van der Waals surface area contributed by atoms with Gasteiger partial charge in [-0.25, -0.2) is 13.8 Å². The van der Waals surface area contributed by atoms with Gasteiger partial charge in [0.1, 0.15) is 5.52 Å². The Labute approximate surface area is 220 Å². The summed E-state index contributed by atoms with van der Waals surface area (Å²) in [6.07, 6.45) is 5.14. The number of nitrogens with zero attached hydrogens (tertiary/aromatic N) is 5. The third-order valence-electron chi connectivity index (χ3n) is 7.01. The fourth-order valence-electron chi connectivity index (χ4n) is 5.18. The minimum atomic E-state index is -2.64. The Morgan fingerprint density at radius 1 is 1.05 bits per heavy atom. The molecular weight excluding hydrogens is 504 g/mol. The molecule has 0 atom stereocenters. The second-order valence-electron chi connectivity index (χ2n) is 9.71. The van der Waals surface area contributed by atoms with Crippen molar-refractivity contribution in [3.63, 3.8) is 0 Å². The average molecular weight is 528 g/mol. The molecule has 38 heavy (non-hydrogen) atoms. The van der Waals surface area contributed by atoms with Crippen LogP contribution in [0.15, 0.2) is 61.1 Å². The number of aromatic amines is 2. The molecule has 1 saturated heterocycles. The Morgan fingerprint density at radius 2 is 1.97 bits per heavy atom. The summed E-state index contributed by atoms with van der Waals surface area (Å²) < 4.78 is 27.7. The SMILES string of the molecule is Cc1ccc(-c2c(-c3ccc4[nH]ncc4n3)[nH]c3cnc(-c4cccnc4CN4CCC(F)(F)C4)cc23)s1. The van der Waals surface area contributed by atoms with E-state index in [1.807, 2.05) is 30.5 Å². The van der Waals surface area contributed by atoms with Gasteiger partial charge >= 0.3 is 0 Å². The number of likely N-dealkylation sites (tertiary alicyclic amines) is 1. The van der Waals surface area contributed by atoms with E-state index in [9.17, 15) is 8.78 Å². The largest absolute Gasteiger partial charge is 0.351 e. The lowest BCUT2D eigenvalue weighted by Gasteiger charge is -2.17. The van der Waals surface area contributed by atoms with Crippen molar-refractivity contribution in [1.82, 2.24) is 35.0 Å². The van der Waals surface area contributed by atoms with Crippen LogP contribution in [0.2, 0.25) is 0 Å². The van der Waals surface area contributed by atoms with Gasteiger partial charge in [-0.15, -0.1) is 11.3 Å². The molecule has 7 rings (SSSR count). The van der Waals surface area contributed by atoms with Crippen molar-refractivity contribution in [3.8, 4) is 33.1 Å². The van der Waals surface area contributed by atoms with Gasteiger partial charge in [-0.05, 0) is 49.4 Å². The molecule has 1 fully saturated rings. The molecule has 7 nitrogen and oxygen atoms in total. The summed E-state index contributed by atoms with van der Waals surface area (Å²) in [6, 6.07) is 14.1. The molecular formula is C28H23F2N7S. The number of thiophene rings is 1. The zero-order valence-corrected chi connectivity index (χ0v) is 21.3. The Kier molecular flexibility index (Phi) is 5.34. The van der Waals surface area contributed by atoms with Crippen molar-refractivity contribution in [2.75, 3.05) is 13.1 Å². The summed E-state index contributed by atoms with van der Waals surface area (Å²) in [4.78, 5) is 21.8. The first-order chi connectivity index (χ1) is 18.4. The number of hydrogen-bond acceptors (Lipinski definition) is 6. The standard InChI is InChI=1S/C28H23F2N7S/c1-16-4-7-25(38-16)26-18-11-21(17-3-2-9-31-24(17)14-37-10-8-28(29,30)15-37)32-12-22(18)35-27(26)20-6-5-19-23(34-20)13-33-36-19/h2-7,9,11-13,35H,8,10,14-15H2,1H3,(H,33,36). The van der Waals surface area contributed by atoms with Crippen molar-refractivity contribution in [2.45, 2.75) is 25.8 Å². The van der Waals surface area contributed by atoms with Crippen LogP contribution in [0.5, 0.6) is 0 Å². The quantitative estimate of drug-likeness (QED) is 0.269. The Bertz CT molecular complexity index is 1800. The highest BCUT2D eigenvalue weighted by molar-refractivity contribution is 7.15. The number of hydrogen-bond donors (Lipinski definition) is 2. The van der Waals surface area contributed by atoms with Crippen LogP contribution in [0, 0.1) is 6.92 Å². The number of rotatable bonds is 5. The van der Waals surface area contributed by atoms with Crippen molar-refractivity contribution in [3.05, 3.63) is 71.6 Å². The van der Waals surface area contributed by atoms with E-state index in [0.717, 1.165) is 60.7 Å². The van der Waals surface area contributed by atoms with E-state index in [4.69, 9.17) is 9.97 Å². The van der Waals surface area contributed by atoms with E-state index in [0.29, 0.717) is 13.1 Å². The Morgan fingerprint density at radius 3 is 2.79 bits per heavy atom. The Balaban J connectivity index is 1.37. The van der Waals surface area contributed by atoms with Crippen molar-refractivity contribution in [2.24, 2.45) is 0 Å². The van der Waals surface area contributed by atoms with Crippen LogP contribution in [0.3, 0.4) is 0 Å². The first-order valence-corrected chi connectivity index (χ1v) is 13.2. The lowest BCUT2D eigenvalue weighted by atomic mass is 10.0. The average Bonchev–Trinajstić information content (AvgIpc) is 3.69. The van der Waals surface area contributed by atoms with Gasteiger partial charge in [0.2, 0.25) is 0 Å². The van der Waals surface area contributed by atoms with Crippen molar-refractivity contribution in [1.29, 1.82) is 0 Å². The molecule has 0 bridgehead atoms. The third kappa shape index (κ3) is 4.06. The topological polar surface area (TPSA) is 86.4 Å². The maximum Gasteiger partial charge on any atom is 0.261 e. The Hall–Kier alpha value is -4.02. The van der Waals surface area contributed by atoms with Gasteiger partial charge in [0, 0.05) is 52.0 Å². The molecule has 7 heterocycles. The fourth-order valence-corrected chi connectivity index (χ4v) is 6.11. The molecule has 1 aliphatic heterocycles. The molecule has 6 aromatic rings. The van der Waals surface area contributed by atoms with E-state index in [1.54, 1.807) is 28.6 Å². The van der Waals surface area contributed by atoms with E-state index in [1.165, 1.54) is 4.88 Å². The highest BCUT2D eigenvalue weighted by Gasteiger charge is 2.38. The summed E-state index contributed by atoms with van der Waals surface area (Å²) in [5.74, 6) is -2.64. The number of H-pyrrole nitrogens is 2. The van der Waals surface area contributed by atoms with Gasteiger partial charge in [0.05, 0.1) is 52.7 Å². The van der Waals surface area contributed by atoms with Gasteiger partial charge in [-0.2, -0.15) is 5.10 Å². The summed E-state index contributed by atoms with van der Waals surface area (Å²) in [7, 11) is 0. The van der Waals surface area contributed by atoms with Crippen molar-refractivity contribution >= 4 is 33.3 Å². The zero-order chi connectivity index (χ0) is 25.9. The minimum Gasteiger partial charge on any atom is -0.351 e. The number of fused-ring (bicyclic) bond motifs is 2. The summed E-state index contributed by atoms with van der Waals surface area (Å²) in [5, 5.41) is 8.08. The van der Waals surface area contributed by atoms with E-state index in [2.05, 4.69) is 45.3 Å². The first-order valence-electron chi connectivity index (χ1n) is 12.4. The number of alkyl halides is 2. The summed E-state index contributed by atoms with van der Waals surface area (Å²) >= 11 is 1.72. The van der Waals surface area contributed by atoms with Crippen LogP contribution in [0.1, 0.15) is 17.0 Å². The highest BCUT2D eigenvalue weighted by atomic mass is 32.1. The van der Waals surface area contributed by atoms with Crippen LogP contribution in [-0.2, 0) is 6.54 Å². The molecule has 0 amide bonds. The van der Waals surface area contributed by atoms with Gasteiger partial charge in [-0.3, -0.25) is 20.0 Å². The van der Waals surface area contributed by atoms with E-state index in [-0.39, 0.29) is 13.0 Å². The van der Waals surface area contributed by atoms with E-state index < -0.39 is 5.92 Å². The molecule has 1 aliphatic rings. The van der Waals surface area contributed by atoms with Gasteiger partial charge in [0.15, 0.2) is 0 Å². The smallest absolute Gasteiger partial charge is 0.261 e. The highest BCUT2D eigenvalue weighted by Crippen LogP contribution is 2.42. The molecule has 0 spiro atoms. The predicted octanol–water partition coefficient (Wildman–Crippen LogP) is 6.44. The second-order valence-corrected chi connectivity index (χ2v) is 11.0. The molecule has 0 saturated carbocycles. The fraction of sp³-hybridized carbons (Fsp3) is 0.214. The second kappa shape index (κ2) is 8.78. The summed E-state index contributed by atoms with van der Waals surface area (Å²) in [6.45, 7) is 2.56. The molecule has 0 aliphatic carbocycles. The summed E-state index contributed by atoms with van der Waals surface area (Å²) in [5.41, 5.74) is 7.69. The van der Waals surface area contributed by atoms with Gasteiger partial charge < -0.3 is 4.98 Å². The lowest BCUT2D eigenvalue weighted by Crippen LogP contribution is -2.25. The maximum atomic E-state index is 13.8. The number of nitrogens with one attached hydrogen (secondary N) is 2. The zero-order valence-electron chi connectivity index (χ0n) is 20.5. The van der Waals surface area contributed by atoms with Crippen LogP contribution >= 0.6 is 11.3 Å². The minimum absolute atomic E-state index is 0.117. The molecule has 0 unspecified atom stereocenters. The van der Waals surface area contributed by atoms with Crippen molar-refractivity contribution < 1.29 is 8.78 Å². The van der Waals surface area contributed by atoms with Crippen LogP contribution in [0.4, 0.5) is 8.78 Å². The number of halogens is 2. The predicted molar refractivity (Wildman–Crippen MR) is 145 cm³/mol. The molecule has 190 valence electrons. The first kappa shape index (κ1) is 23.1. The monoisotopic (exact) mass is 527 g/mol. The van der Waals surface area contributed by atoms with Gasteiger partial charge in [0.25, 0.3) is 5.92 Å². The number of pyridine rings is 3. The van der Waals surface area contributed by atoms with E-state index >= 15 is 0 Å². The molecule has 10 heteroatoms. The number of aryl methyl sites for hydroxylation is 1. The van der Waals surface area contributed by atoms with Crippen LogP contribution in [-0.4, -0.2) is 54.0 Å². The van der Waals surface area contributed by atoms with Crippen LogP contribution < -0.4 is 0 Å². The molecule has 2 N–H and O–H groups in total. The molecule has 0 aromatic carbocycles.